The Kier molecular flexibility index (Phi) is 5.45. The summed E-state index contributed by atoms with van der Waals surface area (Å²) in [6, 6.07) is 13.7. The van der Waals surface area contributed by atoms with Crippen molar-refractivity contribution >= 4 is 70.2 Å². The Hall–Kier alpha value is -3.18. The summed E-state index contributed by atoms with van der Waals surface area (Å²) in [6.45, 7) is 0. The number of ether oxygens (including phenoxy) is 2. The first-order valence-corrected chi connectivity index (χ1v) is 14.6. The number of methoxy groups -OCH3 is 2. The van der Waals surface area contributed by atoms with Gasteiger partial charge in [-0.05, 0) is 0 Å². The third-order valence-electron chi connectivity index (χ3n) is 6.57. The van der Waals surface area contributed by atoms with Gasteiger partial charge in [-0.3, -0.25) is 19.2 Å². The van der Waals surface area contributed by atoms with Crippen LogP contribution in [0.4, 0.5) is 0 Å². The molecule has 0 N–H and O–H groups in total. The number of Topliss-reactive ketones (excluding diaryl/α,β-unsaturated/α-hetero) is 4. The number of carbonyl (C=O) groups is 4. The molecular formula is C28H14O6S4. The van der Waals surface area contributed by atoms with Crippen LogP contribution in [0.15, 0.2) is 87.7 Å². The molecule has 3 aromatic rings. The second-order valence-electron chi connectivity index (χ2n) is 8.52. The largest absolute Gasteiger partial charge is 0.494 e. The Morgan fingerprint density at radius 1 is 0.474 bits per heavy atom. The summed E-state index contributed by atoms with van der Waals surface area (Å²) in [7, 11) is 3.11. The van der Waals surface area contributed by atoms with E-state index < -0.39 is 0 Å². The molecule has 0 aromatic heterocycles. The van der Waals surface area contributed by atoms with Crippen molar-refractivity contribution in [2.75, 3.05) is 14.2 Å². The lowest BCUT2D eigenvalue weighted by Crippen LogP contribution is -2.02. The van der Waals surface area contributed by atoms with Crippen molar-refractivity contribution in [1.82, 2.24) is 0 Å². The Labute approximate surface area is 233 Å². The molecule has 0 radical (unpaired) electrons. The Bertz CT molecular complexity index is 1520. The van der Waals surface area contributed by atoms with Crippen LogP contribution in [0.2, 0.25) is 0 Å². The van der Waals surface area contributed by atoms with E-state index in [9.17, 15) is 19.2 Å². The summed E-state index contributed by atoms with van der Waals surface area (Å²) in [5, 5.41) is 0. The first-order chi connectivity index (χ1) is 18.4. The van der Waals surface area contributed by atoms with Crippen molar-refractivity contribution in [1.29, 1.82) is 0 Å². The van der Waals surface area contributed by atoms with Gasteiger partial charge >= 0.3 is 0 Å². The Morgan fingerprint density at radius 3 is 0.974 bits per heavy atom. The van der Waals surface area contributed by atoms with Gasteiger partial charge in [-0.1, -0.05) is 95.6 Å². The van der Waals surface area contributed by atoms with Crippen LogP contribution in [0.1, 0.15) is 41.4 Å². The molecule has 2 heterocycles. The maximum absolute atomic E-state index is 13.2. The van der Waals surface area contributed by atoms with E-state index in [4.69, 9.17) is 9.47 Å². The summed E-state index contributed by atoms with van der Waals surface area (Å²) < 4.78 is 12.8. The number of fused-ring (bicyclic) bond motifs is 4. The fourth-order valence-electron chi connectivity index (χ4n) is 4.85. The number of rotatable bonds is 2. The number of thioether (sulfide) groups is 4. The average Bonchev–Trinajstić information content (AvgIpc) is 3.67. The minimum atomic E-state index is -0.285. The zero-order valence-electron chi connectivity index (χ0n) is 19.7. The molecule has 10 heteroatoms. The first-order valence-electron chi connectivity index (χ1n) is 11.3. The molecule has 0 fully saturated rings. The van der Waals surface area contributed by atoms with Gasteiger partial charge in [0.25, 0.3) is 0 Å². The second-order valence-corrected chi connectivity index (χ2v) is 13.1. The highest BCUT2D eigenvalue weighted by atomic mass is 32.2. The minimum absolute atomic E-state index is 0.157. The van der Waals surface area contributed by atoms with Crippen LogP contribution in [-0.4, -0.2) is 37.4 Å². The van der Waals surface area contributed by atoms with Crippen LogP contribution >= 0.6 is 47.0 Å². The molecule has 3 aromatic carbocycles. The third kappa shape index (κ3) is 3.14. The predicted molar refractivity (Wildman–Crippen MR) is 147 cm³/mol. The van der Waals surface area contributed by atoms with E-state index in [1.807, 2.05) is 0 Å². The molecule has 7 rings (SSSR count). The molecule has 0 saturated heterocycles. The van der Waals surface area contributed by atoms with Crippen LogP contribution in [0.5, 0.6) is 11.5 Å². The van der Waals surface area contributed by atoms with Gasteiger partial charge < -0.3 is 9.47 Å². The SMILES string of the molecule is COc1c2c(c(OC)c3c1SC(=C1C(=O)c4ccccc4C1=O)S3)SC(=C1C(=O)c3ccccc3C1=O)S2. The van der Waals surface area contributed by atoms with Crippen molar-refractivity contribution in [2.45, 2.75) is 19.6 Å². The molecule has 0 spiro atoms. The standard InChI is InChI=1S/C28H14O6S4/c1-33-21-23-25(37-27(35-23)15-17(29)11-7-3-4-8-12(11)18(15)30)22(34-2)26-24(21)36-28(38-26)16-19(31)13-9-5-6-10-14(13)20(16)32/h3-10H,1-2H3. The van der Waals surface area contributed by atoms with Crippen molar-refractivity contribution in [3.8, 4) is 11.5 Å². The molecule has 186 valence electrons. The van der Waals surface area contributed by atoms with E-state index in [2.05, 4.69) is 0 Å². The van der Waals surface area contributed by atoms with Gasteiger partial charge in [0.15, 0.2) is 23.1 Å². The highest BCUT2D eigenvalue weighted by molar-refractivity contribution is 8.26. The monoisotopic (exact) mass is 574 g/mol. The van der Waals surface area contributed by atoms with Crippen molar-refractivity contribution in [3.63, 3.8) is 0 Å². The third-order valence-corrected chi connectivity index (χ3v) is 11.8. The summed E-state index contributed by atoms with van der Waals surface area (Å²) in [5.74, 6) is -0.0227. The quantitative estimate of drug-likeness (QED) is 0.244. The topological polar surface area (TPSA) is 86.7 Å². The zero-order valence-corrected chi connectivity index (χ0v) is 23.0. The summed E-state index contributed by atoms with van der Waals surface area (Å²) in [4.78, 5) is 55.6. The van der Waals surface area contributed by atoms with E-state index in [1.165, 1.54) is 47.0 Å². The van der Waals surface area contributed by atoms with E-state index in [0.717, 1.165) is 19.6 Å². The van der Waals surface area contributed by atoms with Crippen molar-refractivity contribution in [3.05, 3.63) is 90.4 Å². The van der Waals surface area contributed by atoms with Crippen LogP contribution in [0.3, 0.4) is 0 Å². The van der Waals surface area contributed by atoms with E-state index in [-0.39, 0.29) is 34.3 Å². The van der Waals surface area contributed by atoms with Crippen LogP contribution in [0, 0.1) is 0 Å². The molecule has 2 aliphatic heterocycles. The Balaban J connectivity index is 1.34. The highest BCUT2D eigenvalue weighted by Crippen LogP contribution is 2.68. The van der Waals surface area contributed by atoms with Gasteiger partial charge in [-0.25, -0.2) is 0 Å². The van der Waals surface area contributed by atoms with Gasteiger partial charge in [0.1, 0.15) is 11.5 Å². The van der Waals surface area contributed by atoms with E-state index in [0.29, 0.717) is 42.2 Å². The molecular weight excluding hydrogens is 561 g/mol. The molecule has 0 bridgehead atoms. The first kappa shape index (κ1) is 23.9. The Morgan fingerprint density at radius 2 is 0.737 bits per heavy atom. The summed E-state index contributed by atoms with van der Waals surface area (Å²) in [6.07, 6.45) is 0. The van der Waals surface area contributed by atoms with E-state index in [1.54, 1.807) is 62.8 Å². The molecule has 0 atom stereocenters. The molecule has 0 unspecified atom stereocenters. The summed E-state index contributed by atoms with van der Waals surface area (Å²) in [5.41, 5.74) is 1.95. The van der Waals surface area contributed by atoms with Crippen LogP contribution < -0.4 is 9.47 Å². The minimum Gasteiger partial charge on any atom is -0.494 e. The summed E-state index contributed by atoms with van der Waals surface area (Å²) >= 11 is 5.22. The number of hydrogen-bond acceptors (Lipinski definition) is 10. The lowest BCUT2D eigenvalue weighted by Gasteiger charge is -2.14. The van der Waals surface area contributed by atoms with Gasteiger partial charge in [0, 0.05) is 22.3 Å². The number of benzene rings is 3. The smallest absolute Gasteiger partial charge is 0.199 e. The second kappa shape index (κ2) is 8.67. The van der Waals surface area contributed by atoms with Crippen LogP contribution in [0.25, 0.3) is 0 Å². The predicted octanol–water partition coefficient (Wildman–Crippen LogP) is 6.68. The van der Waals surface area contributed by atoms with Crippen molar-refractivity contribution in [2.24, 2.45) is 0 Å². The molecule has 0 saturated carbocycles. The molecule has 4 aliphatic rings. The van der Waals surface area contributed by atoms with Gasteiger partial charge in [0.05, 0.1) is 53.4 Å². The number of ketones is 4. The average molecular weight is 575 g/mol. The molecule has 0 amide bonds. The number of carbonyl (C=O) groups excluding carboxylic acids is 4. The lowest BCUT2D eigenvalue weighted by atomic mass is 10.1. The van der Waals surface area contributed by atoms with Crippen molar-refractivity contribution < 1.29 is 28.7 Å². The zero-order chi connectivity index (χ0) is 26.3. The van der Waals surface area contributed by atoms with Gasteiger partial charge in [-0.15, -0.1) is 0 Å². The number of allylic oxidation sites excluding steroid dienone is 2. The molecule has 2 aliphatic carbocycles. The normalized spacial score (nSPS) is 17.3. The number of hydrogen-bond donors (Lipinski definition) is 0. The van der Waals surface area contributed by atoms with Gasteiger partial charge in [0.2, 0.25) is 0 Å². The molecule has 6 nitrogen and oxygen atoms in total. The fourth-order valence-corrected chi connectivity index (χ4v) is 10.6. The van der Waals surface area contributed by atoms with Crippen LogP contribution in [-0.2, 0) is 0 Å². The molecule has 38 heavy (non-hydrogen) atoms. The fraction of sp³-hybridized carbons (Fsp3) is 0.0714. The lowest BCUT2D eigenvalue weighted by molar-refractivity contribution is 0.0973. The maximum Gasteiger partial charge on any atom is 0.199 e. The van der Waals surface area contributed by atoms with E-state index >= 15 is 0 Å². The van der Waals surface area contributed by atoms with Gasteiger partial charge in [-0.2, -0.15) is 0 Å². The highest BCUT2D eigenvalue weighted by Gasteiger charge is 2.44. The maximum atomic E-state index is 13.2.